The molecular weight excluding hydrogens is 2440 g/mol. The number of ether oxygens (including phenoxy) is 3. The van der Waals surface area contributed by atoms with E-state index in [4.69, 9.17) is 31.4 Å². The number of alkyl carbamates (subject to hydrolysis) is 3. The number of nitrogens with two attached hydrogens (primary N) is 3. The van der Waals surface area contributed by atoms with Crippen LogP contribution < -0.4 is 57.0 Å². The molecule has 11 aromatic rings. The Morgan fingerprint density at radius 2 is 0.706 bits per heavy atom. The summed E-state index contributed by atoms with van der Waals surface area (Å²) in [5, 5.41) is 18.0. The first-order valence-electron chi connectivity index (χ1n) is 42.9. The third-order valence-corrected chi connectivity index (χ3v) is 22.0. The molecule has 20 nitrogen and oxygen atoms in total. The molecule has 0 aliphatic carbocycles. The summed E-state index contributed by atoms with van der Waals surface area (Å²) in [6.45, 7) is 16.5. The summed E-state index contributed by atoms with van der Waals surface area (Å²) in [7, 11) is 1.70. The number of carbonyl (C=O) groups is 5. The largest absolute Gasteiger partial charge is 0.444 e. The fourth-order valence-corrected chi connectivity index (χ4v) is 14.8. The van der Waals surface area contributed by atoms with E-state index in [1.165, 1.54) is 55.4 Å². The summed E-state index contributed by atoms with van der Waals surface area (Å²) >= 11 is 14.0. The molecule has 11 N–H and O–H groups in total. The standard InChI is InChI=1S/C37H46N6O4S2.C24H31NO2.C23H25N3O2S.C18H22N2.5CH4.I3.I2.HI/c1-25(2)33(42-36(45)43(5)21-31-23-48-35(40-31)26(3)4)34(44)39-29(18-27-12-8-6-9-13-27)16-17-30(19-28-14-10-7-11-15-28)41-37(46)47-22-32-20-38-24-49-32;1-19(17-20-11-7-5-8-12-20)15-16-22(18-21-13-9-6-10-14-21)25-23(26)27-24(2,3)4;24-20(13-18-7-3-1-4-8-18)11-12-21(14-19-9-5-2-6-10-19)26-23(27)28-16-22-15-25-17-29-22;19-17(13-15-7-3-1-4-8-15)11-12-18(20)14-16-9-5-2-6-10-16;;;;;;1-3-2;1-2;/h6-17,20,23-26,29-30,33H,18-19,21-22H2,1-5H3,(H,39,44)(H,41,46)(H,42,45);5-16,19,22H,17-18H2,1-4H3,(H,25,26);1-12,15,17,20-21H,13-14,16,24H2,(H,26,27);1-12,17-18H,13-14,19-20H2;5*1H4;;;1H/q;;;;;;;;;-1;;/b17-16+;16-15+;2*12-11+;;;;;;;;/t29-,30-,33+;19-,22-;20-,21-;17-,18-;;;;;;;;/m1111......../s1. The minimum absolute atomic E-state index is 0. The van der Waals surface area contributed by atoms with Crippen LogP contribution in [0.1, 0.15) is 163 Å². The number of thiazole rings is 3. The van der Waals surface area contributed by atoms with Crippen LogP contribution in [0.5, 0.6) is 0 Å². The summed E-state index contributed by atoms with van der Waals surface area (Å²) in [5.41, 5.74) is 31.6. The maximum Gasteiger partial charge on any atom is 0.407 e. The number of amides is 6. The van der Waals surface area contributed by atoms with Gasteiger partial charge in [-0.15, -0.1) is 58.0 Å². The Kier molecular flexibility index (Phi) is 71.1. The Labute approximate surface area is 894 Å². The topological polar surface area (TPSA) is 293 Å². The second-order valence-electron chi connectivity index (χ2n) is 32.4. The molecule has 0 saturated carbocycles. The van der Waals surface area contributed by atoms with Crippen molar-refractivity contribution in [1.29, 1.82) is 0 Å². The quantitative estimate of drug-likeness (QED) is 0.0101. The van der Waals surface area contributed by atoms with E-state index in [1.54, 1.807) is 41.8 Å². The number of urea groups is 1. The molecule has 0 spiro atoms. The van der Waals surface area contributed by atoms with E-state index in [9.17, 15) is 24.0 Å². The first kappa shape index (κ1) is 128. The zero-order valence-corrected chi connectivity index (χ0v) is 91.1. The minimum atomic E-state index is -0.775. The average Bonchev–Trinajstić information content (AvgIpc) is 1.38. The van der Waals surface area contributed by atoms with Gasteiger partial charge in [0.1, 0.15) is 24.9 Å². The Bertz CT molecular complexity index is 4960. The molecule has 0 aliphatic heterocycles. The van der Waals surface area contributed by atoms with Crippen molar-refractivity contribution in [1.82, 2.24) is 46.4 Å². The van der Waals surface area contributed by atoms with E-state index < -0.39 is 35.9 Å². The molecular formula is C107H145I6N12O8S3-. The molecule has 3 aromatic heterocycles. The van der Waals surface area contributed by atoms with Crippen molar-refractivity contribution in [3.63, 3.8) is 0 Å². The van der Waals surface area contributed by atoms with Crippen LogP contribution in [0.25, 0.3) is 0 Å². The van der Waals surface area contributed by atoms with Gasteiger partial charge in [-0.05, 0) is 128 Å². The molecule has 0 aliphatic rings. The molecule has 0 saturated heterocycles. The molecule has 0 fully saturated rings. The number of nitrogens with one attached hydrogen (secondary N) is 5. The van der Waals surface area contributed by atoms with Crippen molar-refractivity contribution < 1.29 is 51.4 Å². The number of aromatic nitrogens is 3. The number of hydrogen-bond acceptors (Lipinski definition) is 17. The van der Waals surface area contributed by atoms with Gasteiger partial charge in [0.2, 0.25) is 5.91 Å². The minimum Gasteiger partial charge on any atom is -0.444 e. The monoisotopic (exact) mass is 2580 g/mol. The maximum atomic E-state index is 13.8. The van der Waals surface area contributed by atoms with Crippen LogP contribution in [-0.2, 0) is 90.1 Å². The van der Waals surface area contributed by atoms with Crippen LogP contribution in [0.15, 0.2) is 320 Å². The van der Waals surface area contributed by atoms with Gasteiger partial charge >= 0.3 is 74.8 Å². The summed E-state index contributed by atoms with van der Waals surface area (Å²) in [4.78, 5) is 80.3. The first-order chi connectivity index (χ1) is 62.7. The van der Waals surface area contributed by atoms with Gasteiger partial charge in [-0.1, -0.05) is 363 Å². The molecule has 11 rings (SSSR count). The van der Waals surface area contributed by atoms with Crippen LogP contribution in [0, 0.1) is 11.8 Å². The second-order valence-corrected chi connectivity index (χ2v) is 51.5. The van der Waals surface area contributed by atoms with Crippen LogP contribution in [0.4, 0.5) is 19.2 Å². The molecule has 0 radical (unpaired) electrons. The zero-order valence-electron chi connectivity index (χ0n) is 75.5. The van der Waals surface area contributed by atoms with Crippen molar-refractivity contribution in [2.75, 3.05) is 7.05 Å². The van der Waals surface area contributed by atoms with E-state index in [0.29, 0.717) is 50.9 Å². The Balaban J connectivity index is 0.00000182. The Morgan fingerprint density at radius 3 is 1.00 bits per heavy atom. The van der Waals surface area contributed by atoms with Gasteiger partial charge in [0.15, 0.2) is 0 Å². The number of nitrogens with zero attached hydrogens (tertiary/aromatic N) is 4. The van der Waals surface area contributed by atoms with Crippen LogP contribution in [0.3, 0.4) is 0 Å². The first-order valence-corrected chi connectivity index (χ1v) is 64.4. The average molecular weight is 2590 g/mol. The molecule has 9 atom stereocenters. The van der Waals surface area contributed by atoms with Gasteiger partial charge < -0.3 is 62.9 Å². The predicted molar refractivity (Wildman–Crippen MR) is 614 cm³/mol. The van der Waals surface area contributed by atoms with Crippen molar-refractivity contribution in [2.45, 2.75) is 224 Å². The van der Waals surface area contributed by atoms with Crippen molar-refractivity contribution in [2.24, 2.45) is 29.0 Å². The van der Waals surface area contributed by atoms with Crippen molar-refractivity contribution in [3.8, 4) is 0 Å². The van der Waals surface area contributed by atoms with Gasteiger partial charge in [0.25, 0.3) is 0 Å². The van der Waals surface area contributed by atoms with Crippen molar-refractivity contribution >= 4 is 163 Å². The molecule has 136 heavy (non-hydrogen) atoms. The number of carbonyl (C=O) groups excluding carboxylic acids is 5. The van der Waals surface area contributed by atoms with Crippen LogP contribution >= 0.6 is 132 Å². The second kappa shape index (κ2) is 75.3. The van der Waals surface area contributed by atoms with Gasteiger partial charge in [0, 0.05) is 86.1 Å². The fraction of sp³-hybridized carbons (Fsp3) is 0.346. The number of rotatable bonds is 38. The SMILES string of the molecule is C.C.C.C.C.CC(C)c1nc(CN(C)C(=O)N[C@H](C(=O)N[C@H](/C=C/[C@H](Cc2ccccc2)NC(=O)OCc2cncs2)Cc2ccccc2)C(C)C)cs1.C[C@H](/C=C/[C@H](Cc1ccccc1)NC(=O)OC(C)(C)C)Cc1ccccc1.I.II.I[I-]I.N[C@H](/C=C/[C@@H](N)Cc1ccccc1)Cc1ccccc1.N[C@H](/C=C/[C@H](Cc1ccccc1)NC(=O)OCc1cncs1)Cc1ccccc1. The number of benzene rings is 8. The van der Waals surface area contributed by atoms with Crippen molar-refractivity contribution in [3.05, 3.63) is 385 Å². The normalized spacial score (nSPS) is 12.6. The number of halogens is 6. The molecule has 0 unspecified atom stereocenters. The Morgan fingerprint density at radius 1 is 0.419 bits per heavy atom. The molecule has 3 heterocycles. The van der Waals surface area contributed by atoms with E-state index in [0.717, 1.165) is 69.3 Å². The molecule has 742 valence electrons. The summed E-state index contributed by atoms with van der Waals surface area (Å²) < 4.78 is 16.2. The van der Waals surface area contributed by atoms with E-state index in [1.807, 2.05) is 246 Å². The van der Waals surface area contributed by atoms with E-state index >= 15 is 0 Å². The molecule has 0 bridgehead atoms. The Hall–Kier alpha value is -7.58. The predicted octanol–water partition coefficient (Wildman–Crippen LogP) is 23.4. The fourth-order valence-electron chi connectivity index (χ4n) is 13.0. The number of allylic oxidation sites excluding steroid dienone is 1. The molecule has 8 aromatic carbocycles. The van der Waals surface area contributed by atoms with Gasteiger partial charge in [-0.25, -0.2) is 24.2 Å². The molecule has 29 heteroatoms. The van der Waals surface area contributed by atoms with Crippen LogP contribution in [0.2, 0.25) is 0 Å². The van der Waals surface area contributed by atoms with E-state index in [2.05, 4.69) is 222 Å². The molecule has 6 amide bonds. The maximum absolute atomic E-state index is 13.8. The summed E-state index contributed by atoms with van der Waals surface area (Å²) in [6, 6.07) is 78.6. The third-order valence-electron chi connectivity index (χ3n) is 19.3. The van der Waals surface area contributed by atoms with Gasteiger partial charge in [-0.2, -0.15) is 0 Å². The van der Waals surface area contributed by atoms with Crippen LogP contribution in [-0.4, -0.2) is 111 Å². The summed E-state index contributed by atoms with van der Waals surface area (Å²) in [5.74, 6) is 0.226. The van der Waals surface area contributed by atoms with Gasteiger partial charge in [0.05, 0.1) is 62.2 Å². The number of hydrogen-bond donors (Lipinski definition) is 8. The summed E-state index contributed by atoms with van der Waals surface area (Å²) in [6.07, 6.45) is 23.8. The van der Waals surface area contributed by atoms with Gasteiger partial charge in [-0.3, -0.25) is 14.8 Å². The zero-order chi connectivity index (χ0) is 94.1. The van der Waals surface area contributed by atoms with E-state index in [-0.39, 0.29) is 128 Å². The third kappa shape index (κ3) is 57.2. The smallest absolute Gasteiger partial charge is 0.407 e.